The maximum Gasteiger partial charge on any atom is 0.437 e. The Hall–Kier alpha value is -3.73. The number of nitrogens with zero attached hydrogens (tertiary/aromatic N) is 1. The first-order chi connectivity index (χ1) is 12.7. The van der Waals surface area contributed by atoms with Crippen LogP contribution >= 0.6 is 0 Å². The second-order valence-electron chi connectivity index (χ2n) is 5.37. The molecular formula is C21H16N2O3. The van der Waals surface area contributed by atoms with Crippen molar-refractivity contribution in [2.45, 2.75) is 0 Å². The van der Waals surface area contributed by atoms with Gasteiger partial charge in [-0.3, -0.25) is 14.9 Å². The first-order valence-corrected chi connectivity index (χ1v) is 8.00. The summed E-state index contributed by atoms with van der Waals surface area (Å²) in [6, 6.07) is 26.4. The molecule has 0 aliphatic rings. The summed E-state index contributed by atoms with van der Waals surface area (Å²) in [7, 11) is 0. The van der Waals surface area contributed by atoms with Gasteiger partial charge in [0, 0.05) is 16.8 Å². The third-order valence-electron chi connectivity index (χ3n) is 3.54. The molecule has 0 unspecified atom stereocenters. The van der Waals surface area contributed by atoms with E-state index < -0.39 is 6.09 Å². The summed E-state index contributed by atoms with van der Waals surface area (Å²) in [5, 5.41) is 6.37. The van der Waals surface area contributed by atoms with Crippen molar-refractivity contribution in [3.63, 3.8) is 0 Å². The fourth-order valence-electron chi connectivity index (χ4n) is 2.30. The minimum absolute atomic E-state index is 0.0556. The third-order valence-corrected chi connectivity index (χ3v) is 3.54. The Balaban J connectivity index is 1.82. The van der Waals surface area contributed by atoms with Crippen LogP contribution in [-0.4, -0.2) is 17.6 Å². The highest BCUT2D eigenvalue weighted by molar-refractivity contribution is 6.51. The lowest BCUT2D eigenvalue weighted by atomic mass is 10.0. The minimum atomic E-state index is -0.773. The summed E-state index contributed by atoms with van der Waals surface area (Å²) < 4.78 is 0. The van der Waals surface area contributed by atoms with Gasteiger partial charge in [-0.15, -0.1) is 0 Å². The second-order valence-corrected chi connectivity index (χ2v) is 5.37. The fraction of sp³-hybridized carbons (Fsp3) is 0. The van der Waals surface area contributed by atoms with Gasteiger partial charge in [-0.1, -0.05) is 84.0 Å². The van der Waals surface area contributed by atoms with Gasteiger partial charge in [0.25, 0.3) is 0 Å². The molecule has 0 atom stereocenters. The van der Waals surface area contributed by atoms with Crippen LogP contribution in [0.1, 0.15) is 15.9 Å². The summed E-state index contributed by atoms with van der Waals surface area (Å²) in [4.78, 5) is 29.7. The molecule has 0 bridgehead atoms. The predicted molar refractivity (Wildman–Crippen MR) is 100 cm³/mol. The number of ketones is 1. The molecule has 0 heterocycles. The van der Waals surface area contributed by atoms with Crippen molar-refractivity contribution >= 4 is 23.3 Å². The normalized spacial score (nSPS) is 10.8. The smallest absolute Gasteiger partial charge is 0.297 e. The van der Waals surface area contributed by atoms with Crippen molar-refractivity contribution in [3.05, 3.63) is 102 Å². The molecule has 3 aromatic carbocycles. The maximum atomic E-state index is 12.8. The maximum absolute atomic E-state index is 12.8. The number of benzene rings is 3. The highest BCUT2D eigenvalue weighted by Crippen LogP contribution is 2.10. The number of hydrogen-bond donors (Lipinski definition) is 1. The SMILES string of the molecule is O=C(Nc1ccccc1)ON=C(C(=O)c1ccccc1)c1ccccc1. The van der Waals surface area contributed by atoms with Gasteiger partial charge in [0.05, 0.1) is 0 Å². The lowest BCUT2D eigenvalue weighted by Crippen LogP contribution is -2.19. The standard InChI is InChI=1S/C21H16N2O3/c24-20(17-12-6-2-7-13-17)19(16-10-4-1-5-11-16)23-26-21(25)22-18-14-8-3-9-15-18/h1-15H,(H,22,25). The third kappa shape index (κ3) is 4.42. The Bertz CT molecular complexity index is 908. The van der Waals surface area contributed by atoms with Crippen LogP contribution in [0.4, 0.5) is 10.5 Å². The van der Waals surface area contributed by atoms with Gasteiger partial charge in [-0.25, -0.2) is 4.79 Å². The molecule has 5 nitrogen and oxygen atoms in total. The van der Waals surface area contributed by atoms with Gasteiger partial charge < -0.3 is 0 Å². The predicted octanol–water partition coefficient (Wildman–Crippen LogP) is 4.52. The molecule has 0 aliphatic heterocycles. The Kier molecular flexibility index (Phi) is 5.52. The number of carbonyl (C=O) groups is 2. The molecule has 5 heteroatoms. The van der Waals surface area contributed by atoms with Gasteiger partial charge in [-0.05, 0) is 12.1 Å². The number of hydrogen-bond acceptors (Lipinski definition) is 4. The highest BCUT2D eigenvalue weighted by Gasteiger charge is 2.18. The van der Waals surface area contributed by atoms with Crippen molar-refractivity contribution in [3.8, 4) is 0 Å². The fourth-order valence-corrected chi connectivity index (χ4v) is 2.30. The lowest BCUT2D eigenvalue weighted by molar-refractivity contribution is 0.106. The monoisotopic (exact) mass is 344 g/mol. The number of amides is 1. The minimum Gasteiger partial charge on any atom is -0.297 e. The molecule has 0 radical (unpaired) electrons. The molecule has 0 spiro atoms. The molecule has 128 valence electrons. The zero-order valence-electron chi connectivity index (χ0n) is 13.8. The van der Waals surface area contributed by atoms with E-state index in [1.54, 1.807) is 72.8 Å². The summed E-state index contributed by atoms with van der Waals surface area (Å²) in [6.07, 6.45) is -0.773. The van der Waals surface area contributed by atoms with E-state index in [4.69, 9.17) is 4.84 Å². The molecular weight excluding hydrogens is 328 g/mol. The number of nitrogens with one attached hydrogen (secondary N) is 1. The molecule has 3 rings (SSSR count). The number of Topliss-reactive ketones (excluding diaryl/α,β-unsaturated/α-hetero) is 1. The van der Waals surface area contributed by atoms with Gasteiger partial charge >= 0.3 is 6.09 Å². The van der Waals surface area contributed by atoms with Gasteiger partial charge in [-0.2, -0.15) is 0 Å². The van der Waals surface area contributed by atoms with E-state index in [0.717, 1.165) is 0 Å². The van der Waals surface area contributed by atoms with Crippen LogP contribution in [0.5, 0.6) is 0 Å². The molecule has 1 amide bonds. The number of anilines is 1. The first kappa shape index (κ1) is 17.1. The zero-order valence-corrected chi connectivity index (χ0v) is 13.8. The number of carbonyl (C=O) groups excluding carboxylic acids is 2. The Labute approximate surface area is 150 Å². The van der Waals surface area contributed by atoms with E-state index in [2.05, 4.69) is 10.5 Å². The van der Waals surface area contributed by atoms with Crippen LogP contribution in [0.2, 0.25) is 0 Å². The topological polar surface area (TPSA) is 67.8 Å². The Morgan fingerprint density at radius 1 is 0.692 bits per heavy atom. The van der Waals surface area contributed by atoms with Crippen LogP contribution in [0, 0.1) is 0 Å². The van der Waals surface area contributed by atoms with Crippen LogP contribution in [0.3, 0.4) is 0 Å². The molecule has 0 aromatic heterocycles. The molecule has 0 fully saturated rings. The van der Waals surface area contributed by atoms with E-state index in [1.165, 1.54) is 0 Å². The molecule has 1 N–H and O–H groups in total. The van der Waals surface area contributed by atoms with Crippen LogP contribution in [0.25, 0.3) is 0 Å². The van der Waals surface area contributed by atoms with Crippen molar-refractivity contribution in [1.29, 1.82) is 0 Å². The van der Waals surface area contributed by atoms with Crippen molar-refractivity contribution in [2.75, 3.05) is 5.32 Å². The number of rotatable bonds is 5. The average Bonchev–Trinajstić information content (AvgIpc) is 2.70. The van der Waals surface area contributed by atoms with Crippen LogP contribution in [0.15, 0.2) is 96.2 Å². The van der Waals surface area contributed by atoms with Gasteiger partial charge in [0.2, 0.25) is 5.78 Å². The molecule has 0 saturated heterocycles. The Morgan fingerprint density at radius 2 is 1.19 bits per heavy atom. The van der Waals surface area contributed by atoms with Crippen LogP contribution in [-0.2, 0) is 4.84 Å². The molecule has 3 aromatic rings. The summed E-state index contributed by atoms with van der Waals surface area (Å²) in [6.45, 7) is 0. The van der Waals surface area contributed by atoms with E-state index in [0.29, 0.717) is 16.8 Å². The van der Waals surface area contributed by atoms with Crippen molar-refractivity contribution < 1.29 is 14.4 Å². The van der Waals surface area contributed by atoms with Gasteiger partial charge in [0.15, 0.2) is 5.71 Å². The molecule has 0 saturated carbocycles. The zero-order chi connectivity index (χ0) is 18.2. The lowest BCUT2D eigenvalue weighted by Gasteiger charge is -2.07. The molecule has 0 aliphatic carbocycles. The number of para-hydroxylation sites is 1. The van der Waals surface area contributed by atoms with Crippen molar-refractivity contribution in [2.24, 2.45) is 5.16 Å². The summed E-state index contributed by atoms with van der Waals surface area (Å²) >= 11 is 0. The van der Waals surface area contributed by atoms with E-state index in [-0.39, 0.29) is 11.5 Å². The average molecular weight is 344 g/mol. The largest absolute Gasteiger partial charge is 0.437 e. The highest BCUT2D eigenvalue weighted by atomic mass is 16.7. The summed E-state index contributed by atoms with van der Waals surface area (Å²) in [5.41, 5.74) is 1.65. The van der Waals surface area contributed by atoms with E-state index in [1.807, 2.05) is 18.2 Å². The second kappa shape index (κ2) is 8.39. The van der Waals surface area contributed by atoms with E-state index >= 15 is 0 Å². The van der Waals surface area contributed by atoms with Crippen molar-refractivity contribution in [1.82, 2.24) is 0 Å². The van der Waals surface area contributed by atoms with Gasteiger partial charge in [0.1, 0.15) is 0 Å². The Morgan fingerprint density at radius 3 is 1.77 bits per heavy atom. The number of oxime groups is 1. The van der Waals surface area contributed by atoms with Crippen LogP contribution < -0.4 is 5.32 Å². The van der Waals surface area contributed by atoms with E-state index in [9.17, 15) is 9.59 Å². The summed E-state index contributed by atoms with van der Waals surface area (Å²) in [5.74, 6) is -0.329. The molecule has 26 heavy (non-hydrogen) atoms. The first-order valence-electron chi connectivity index (χ1n) is 8.00. The quantitative estimate of drug-likeness (QED) is 0.320.